The second kappa shape index (κ2) is 6.19. The average molecular weight is 259 g/mol. The molecule has 1 aliphatic heterocycles. The predicted molar refractivity (Wildman–Crippen MR) is 70.9 cm³/mol. The zero-order valence-corrected chi connectivity index (χ0v) is 11.5. The second-order valence-electron chi connectivity index (χ2n) is 5.58. The highest BCUT2D eigenvalue weighted by Crippen LogP contribution is 2.21. The van der Waals surface area contributed by atoms with E-state index in [1.807, 2.05) is 0 Å². The van der Waals surface area contributed by atoms with Crippen molar-refractivity contribution in [2.24, 2.45) is 0 Å². The average Bonchev–Trinajstić information content (AvgIpc) is 2.56. The lowest BCUT2D eigenvalue weighted by molar-refractivity contribution is 0.388. The first kappa shape index (κ1) is 13.3. The Labute approximate surface area is 105 Å². The van der Waals surface area contributed by atoms with Gasteiger partial charge in [-0.3, -0.25) is 0 Å². The number of rotatable bonds is 3. The van der Waals surface area contributed by atoms with E-state index in [0.29, 0.717) is 18.3 Å². The van der Waals surface area contributed by atoms with E-state index in [2.05, 4.69) is 5.32 Å². The molecular weight excluding hydrogens is 234 g/mol. The van der Waals surface area contributed by atoms with E-state index < -0.39 is 9.84 Å². The monoisotopic (exact) mass is 259 g/mol. The summed E-state index contributed by atoms with van der Waals surface area (Å²) in [5.74, 6) is 0.407. The van der Waals surface area contributed by atoms with E-state index in [4.69, 9.17) is 0 Å². The molecule has 17 heavy (non-hydrogen) atoms. The molecule has 0 aromatic carbocycles. The summed E-state index contributed by atoms with van der Waals surface area (Å²) in [5, 5.41) is 3.40. The fraction of sp³-hybridized carbons (Fsp3) is 1.00. The Hall–Kier alpha value is -0.0900. The molecule has 100 valence electrons. The van der Waals surface area contributed by atoms with Gasteiger partial charge in [0.05, 0.1) is 11.0 Å². The van der Waals surface area contributed by atoms with Crippen molar-refractivity contribution in [1.82, 2.24) is 5.32 Å². The maximum Gasteiger partial charge on any atom is 0.154 e. The Morgan fingerprint density at radius 2 is 1.53 bits per heavy atom. The SMILES string of the molecule is O=S1(=O)CCCC1CNC1CCCCCCC1. The molecule has 0 aromatic rings. The van der Waals surface area contributed by atoms with Gasteiger partial charge < -0.3 is 5.32 Å². The van der Waals surface area contributed by atoms with Crippen molar-refractivity contribution in [3.05, 3.63) is 0 Å². The first-order valence-electron chi connectivity index (χ1n) is 7.13. The lowest BCUT2D eigenvalue weighted by atomic mass is 9.96. The van der Waals surface area contributed by atoms with Crippen LogP contribution in [-0.2, 0) is 9.84 Å². The maximum atomic E-state index is 11.7. The molecule has 1 atom stereocenters. The molecule has 1 unspecified atom stereocenters. The molecule has 0 bridgehead atoms. The van der Waals surface area contributed by atoms with Gasteiger partial charge in [-0.2, -0.15) is 0 Å². The van der Waals surface area contributed by atoms with Crippen LogP contribution in [0.15, 0.2) is 0 Å². The smallest absolute Gasteiger partial charge is 0.154 e. The van der Waals surface area contributed by atoms with Crippen molar-refractivity contribution >= 4 is 9.84 Å². The predicted octanol–water partition coefficient (Wildman–Crippen LogP) is 2.27. The third-order valence-electron chi connectivity index (χ3n) is 4.20. The highest BCUT2D eigenvalue weighted by atomic mass is 32.2. The summed E-state index contributed by atoms with van der Waals surface area (Å²) in [5.41, 5.74) is 0. The zero-order valence-electron chi connectivity index (χ0n) is 10.7. The summed E-state index contributed by atoms with van der Waals surface area (Å²) >= 11 is 0. The third-order valence-corrected chi connectivity index (χ3v) is 6.48. The number of hydrogen-bond acceptors (Lipinski definition) is 3. The highest BCUT2D eigenvalue weighted by molar-refractivity contribution is 7.92. The molecule has 0 radical (unpaired) electrons. The molecule has 1 heterocycles. The van der Waals surface area contributed by atoms with E-state index in [1.165, 1.54) is 44.9 Å². The van der Waals surface area contributed by atoms with Gasteiger partial charge in [-0.05, 0) is 25.7 Å². The third kappa shape index (κ3) is 3.95. The molecule has 0 amide bonds. The van der Waals surface area contributed by atoms with Crippen LogP contribution < -0.4 is 5.32 Å². The van der Waals surface area contributed by atoms with Gasteiger partial charge in [0.2, 0.25) is 0 Å². The molecule has 1 N–H and O–H groups in total. The fourth-order valence-electron chi connectivity index (χ4n) is 3.05. The molecule has 1 saturated carbocycles. The Kier molecular flexibility index (Phi) is 4.86. The topological polar surface area (TPSA) is 46.2 Å². The molecule has 2 rings (SSSR count). The molecule has 0 aromatic heterocycles. The summed E-state index contributed by atoms with van der Waals surface area (Å²) in [4.78, 5) is 0. The Morgan fingerprint density at radius 3 is 2.12 bits per heavy atom. The van der Waals surface area contributed by atoms with Crippen molar-refractivity contribution in [3.8, 4) is 0 Å². The first-order valence-corrected chi connectivity index (χ1v) is 8.85. The molecule has 0 spiro atoms. The van der Waals surface area contributed by atoms with E-state index in [0.717, 1.165) is 12.8 Å². The van der Waals surface area contributed by atoms with E-state index in [-0.39, 0.29) is 5.25 Å². The standard InChI is InChI=1S/C13H25NO2S/c15-17(16)10-6-9-13(17)11-14-12-7-4-2-1-3-5-8-12/h12-14H,1-11H2. The minimum Gasteiger partial charge on any atom is -0.313 e. The van der Waals surface area contributed by atoms with Gasteiger partial charge in [0.25, 0.3) is 0 Å². The van der Waals surface area contributed by atoms with Crippen LogP contribution in [-0.4, -0.2) is 32.0 Å². The largest absolute Gasteiger partial charge is 0.313 e. The van der Waals surface area contributed by atoms with Crippen LogP contribution >= 0.6 is 0 Å². The number of hydrogen-bond donors (Lipinski definition) is 1. The van der Waals surface area contributed by atoms with Crippen LogP contribution in [0.1, 0.15) is 57.8 Å². The summed E-state index contributed by atoms with van der Waals surface area (Å²) in [7, 11) is -2.77. The molecular formula is C13H25NO2S. The minimum absolute atomic E-state index is 0.104. The maximum absolute atomic E-state index is 11.7. The van der Waals surface area contributed by atoms with Crippen molar-refractivity contribution < 1.29 is 8.42 Å². The van der Waals surface area contributed by atoms with Gasteiger partial charge in [-0.1, -0.05) is 32.1 Å². The normalized spacial score (nSPS) is 30.9. The summed E-state index contributed by atoms with van der Waals surface area (Å²) in [6.07, 6.45) is 10.9. The molecule has 1 saturated heterocycles. The number of nitrogens with one attached hydrogen (secondary N) is 1. The van der Waals surface area contributed by atoms with Gasteiger partial charge in [0, 0.05) is 12.6 Å². The van der Waals surface area contributed by atoms with Gasteiger partial charge in [-0.25, -0.2) is 8.42 Å². The first-order chi connectivity index (χ1) is 8.18. The van der Waals surface area contributed by atoms with Crippen LogP contribution in [0.25, 0.3) is 0 Å². The van der Waals surface area contributed by atoms with Gasteiger partial charge in [0.15, 0.2) is 9.84 Å². The van der Waals surface area contributed by atoms with E-state index in [9.17, 15) is 8.42 Å². The molecule has 2 aliphatic rings. The van der Waals surface area contributed by atoms with Crippen LogP contribution in [0.3, 0.4) is 0 Å². The number of sulfone groups is 1. The van der Waals surface area contributed by atoms with Crippen LogP contribution in [0.4, 0.5) is 0 Å². The Balaban J connectivity index is 1.76. The molecule has 1 aliphatic carbocycles. The Bertz CT molecular complexity index is 318. The fourth-order valence-corrected chi connectivity index (χ4v) is 4.82. The molecule has 2 fully saturated rings. The minimum atomic E-state index is -2.77. The zero-order chi connectivity index (χ0) is 12.1. The van der Waals surface area contributed by atoms with E-state index >= 15 is 0 Å². The highest BCUT2D eigenvalue weighted by Gasteiger charge is 2.31. The summed E-state index contributed by atoms with van der Waals surface area (Å²) < 4.78 is 23.4. The van der Waals surface area contributed by atoms with Gasteiger partial charge in [-0.15, -0.1) is 0 Å². The van der Waals surface area contributed by atoms with E-state index in [1.54, 1.807) is 0 Å². The lowest BCUT2D eigenvalue weighted by Gasteiger charge is -2.22. The molecule has 3 nitrogen and oxygen atoms in total. The molecule has 4 heteroatoms. The van der Waals surface area contributed by atoms with Crippen molar-refractivity contribution in [2.45, 2.75) is 69.1 Å². The van der Waals surface area contributed by atoms with Crippen molar-refractivity contribution in [2.75, 3.05) is 12.3 Å². The van der Waals surface area contributed by atoms with Crippen LogP contribution in [0.2, 0.25) is 0 Å². The lowest BCUT2D eigenvalue weighted by Crippen LogP contribution is -2.37. The van der Waals surface area contributed by atoms with Crippen molar-refractivity contribution in [1.29, 1.82) is 0 Å². The van der Waals surface area contributed by atoms with Crippen LogP contribution in [0.5, 0.6) is 0 Å². The van der Waals surface area contributed by atoms with Gasteiger partial charge in [0.1, 0.15) is 0 Å². The van der Waals surface area contributed by atoms with Crippen molar-refractivity contribution in [3.63, 3.8) is 0 Å². The summed E-state index contributed by atoms with van der Waals surface area (Å²) in [6.45, 7) is 0.688. The van der Waals surface area contributed by atoms with Gasteiger partial charge >= 0.3 is 0 Å². The summed E-state index contributed by atoms with van der Waals surface area (Å²) in [6, 6.07) is 0.561. The second-order valence-corrected chi connectivity index (χ2v) is 7.98. The quantitative estimate of drug-likeness (QED) is 0.845. The Morgan fingerprint density at radius 1 is 0.882 bits per heavy atom. The van der Waals surface area contributed by atoms with Crippen LogP contribution in [0, 0.1) is 0 Å².